The van der Waals surface area contributed by atoms with E-state index in [1.807, 2.05) is 11.7 Å². The highest BCUT2D eigenvalue weighted by Crippen LogP contribution is 2.41. The Balaban J connectivity index is 2.09. The van der Waals surface area contributed by atoms with Crippen molar-refractivity contribution in [3.05, 3.63) is 59.7 Å². The Morgan fingerprint density at radius 2 is 1.77 bits per heavy atom. The summed E-state index contributed by atoms with van der Waals surface area (Å²) in [5, 5.41) is 8.76. The van der Waals surface area contributed by atoms with Gasteiger partial charge in [0.2, 0.25) is 0 Å². The van der Waals surface area contributed by atoms with Gasteiger partial charge in [-0.05, 0) is 29.9 Å². The minimum absolute atomic E-state index is 0.528. The SMILES string of the molecule is CCC1Cc2ccccc2-c2nnn(C)c2-c2ccccc21. The molecule has 3 heteroatoms. The molecule has 0 saturated carbocycles. The highest BCUT2D eigenvalue weighted by molar-refractivity contribution is 5.82. The van der Waals surface area contributed by atoms with Crippen LogP contribution in [-0.4, -0.2) is 15.0 Å². The summed E-state index contributed by atoms with van der Waals surface area (Å²) in [5.41, 5.74) is 7.39. The van der Waals surface area contributed by atoms with Crippen LogP contribution in [-0.2, 0) is 13.5 Å². The quantitative estimate of drug-likeness (QED) is 0.672. The Morgan fingerprint density at radius 3 is 2.59 bits per heavy atom. The maximum absolute atomic E-state index is 4.46. The van der Waals surface area contributed by atoms with E-state index in [0.29, 0.717) is 5.92 Å². The van der Waals surface area contributed by atoms with E-state index in [4.69, 9.17) is 0 Å². The molecule has 0 saturated heterocycles. The number of aromatic nitrogens is 3. The van der Waals surface area contributed by atoms with Crippen LogP contribution < -0.4 is 0 Å². The number of aryl methyl sites for hydroxylation is 1. The van der Waals surface area contributed by atoms with Crippen molar-refractivity contribution in [2.24, 2.45) is 7.05 Å². The number of nitrogens with zero attached hydrogens (tertiary/aromatic N) is 3. The van der Waals surface area contributed by atoms with Gasteiger partial charge in [-0.25, -0.2) is 4.68 Å². The minimum Gasteiger partial charge on any atom is -0.247 e. The predicted molar refractivity (Wildman–Crippen MR) is 88.6 cm³/mol. The van der Waals surface area contributed by atoms with E-state index < -0.39 is 0 Å². The molecule has 110 valence electrons. The van der Waals surface area contributed by atoms with Crippen LogP contribution in [0.1, 0.15) is 30.4 Å². The van der Waals surface area contributed by atoms with Crippen LogP contribution >= 0.6 is 0 Å². The molecule has 1 heterocycles. The first-order valence-corrected chi connectivity index (χ1v) is 7.86. The van der Waals surface area contributed by atoms with Gasteiger partial charge in [-0.3, -0.25) is 0 Å². The molecular formula is C19H19N3. The third kappa shape index (κ3) is 1.89. The Hall–Kier alpha value is -2.42. The van der Waals surface area contributed by atoms with Crippen LogP contribution in [0.3, 0.4) is 0 Å². The van der Waals surface area contributed by atoms with Crippen molar-refractivity contribution >= 4 is 0 Å². The van der Waals surface area contributed by atoms with Crippen LogP contribution in [0.4, 0.5) is 0 Å². The first kappa shape index (κ1) is 13.3. The van der Waals surface area contributed by atoms with Gasteiger partial charge in [0, 0.05) is 18.2 Å². The molecule has 0 amide bonds. The molecular weight excluding hydrogens is 270 g/mol. The van der Waals surface area contributed by atoms with Gasteiger partial charge in [0.15, 0.2) is 0 Å². The van der Waals surface area contributed by atoms with E-state index in [-0.39, 0.29) is 0 Å². The molecule has 0 radical (unpaired) electrons. The zero-order valence-corrected chi connectivity index (χ0v) is 13.0. The Bertz CT molecular complexity index is 832. The summed E-state index contributed by atoms with van der Waals surface area (Å²) in [6.07, 6.45) is 2.19. The standard InChI is InChI=1S/C19H19N3/c1-3-13-12-14-8-4-5-10-16(14)18-19(22(2)21-20-18)17-11-7-6-9-15(13)17/h4-11,13H,3,12H2,1-2H3. The van der Waals surface area contributed by atoms with E-state index in [1.165, 1.54) is 22.3 Å². The van der Waals surface area contributed by atoms with Gasteiger partial charge >= 0.3 is 0 Å². The summed E-state index contributed by atoms with van der Waals surface area (Å²) >= 11 is 0. The third-order valence-corrected chi connectivity index (χ3v) is 4.71. The van der Waals surface area contributed by atoms with Crippen LogP contribution in [0.15, 0.2) is 48.5 Å². The molecule has 0 bridgehead atoms. The van der Waals surface area contributed by atoms with Gasteiger partial charge in [-0.1, -0.05) is 60.7 Å². The Morgan fingerprint density at radius 1 is 1.05 bits per heavy atom. The number of hydrogen-bond donors (Lipinski definition) is 0. The second-order valence-corrected chi connectivity index (χ2v) is 5.96. The van der Waals surface area contributed by atoms with Gasteiger partial charge in [0.1, 0.15) is 5.69 Å². The molecule has 0 N–H and O–H groups in total. The first-order valence-electron chi connectivity index (χ1n) is 7.86. The fraction of sp³-hybridized carbons (Fsp3) is 0.263. The molecule has 0 spiro atoms. The van der Waals surface area contributed by atoms with Gasteiger partial charge < -0.3 is 0 Å². The van der Waals surface area contributed by atoms with Gasteiger partial charge in [-0.2, -0.15) is 0 Å². The lowest BCUT2D eigenvalue weighted by molar-refractivity contribution is 0.659. The highest BCUT2D eigenvalue weighted by Gasteiger charge is 2.26. The van der Waals surface area contributed by atoms with E-state index in [1.54, 1.807) is 0 Å². The van der Waals surface area contributed by atoms with Crippen molar-refractivity contribution in [2.75, 3.05) is 0 Å². The summed E-state index contributed by atoms with van der Waals surface area (Å²) in [7, 11) is 1.98. The topological polar surface area (TPSA) is 30.7 Å². The predicted octanol–water partition coefficient (Wildman–Crippen LogP) is 4.20. The largest absolute Gasteiger partial charge is 0.247 e. The second-order valence-electron chi connectivity index (χ2n) is 5.96. The number of rotatable bonds is 1. The maximum atomic E-state index is 4.46. The van der Waals surface area contributed by atoms with Crippen molar-refractivity contribution in [3.8, 4) is 22.5 Å². The summed E-state index contributed by atoms with van der Waals surface area (Å²) < 4.78 is 1.91. The summed E-state index contributed by atoms with van der Waals surface area (Å²) in [6.45, 7) is 2.27. The molecule has 3 aromatic rings. The number of fused-ring (bicyclic) bond motifs is 5. The lowest BCUT2D eigenvalue weighted by Crippen LogP contribution is -2.09. The average molecular weight is 289 g/mol. The van der Waals surface area contributed by atoms with Crippen molar-refractivity contribution in [1.82, 2.24) is 15.0 Å². The van der Waals surface area contributed by atoms with Crippen molar-refractivity contribution in [3.63, 3.8) is 0 Å². The van der Waals surface area contributed by atoms with Gasteiger partial charge in [0.05, 0.1) is 5.69 Å². The molecule has 2 aromatic carbocycles. The molecule has 1 aliphatic carbocycles. The van der Waals surface area contributed by atoms with Crippen LogP contribution in [0, 0.1) is 0 Å². The van der Waals surface area contributed by atoms with Crippen LogP contribution in [0.25, 0.3) is 22.5 Å². The molecule has 0 aliphatic heterocycles. The van der Waals surface area contributed by atoms with E-state index >= 15 is 0 Å². The zero-order chi connectivity index (χ0) is 15.1. The monoisotopic (exact) mass is 289 g/mol. The molecule has 22 heavy (non-hydrogen) atoms. The molecule has 3 nitrogen and oxygen atoms in total. The van der Waals surface area contributed by atoms with E-state index in [2.05, 4.69) is 65.8 Å². The molecule has 1 unspecified atom stereocenters. The third-order valence-electron chi connectivity index (χ3n) is 4.71. The lowest BCUT2D eigenvalue weighted by Gasteiger charge is -2.23. The van der Waals surface area contributed by atoms with Gasteiger partial charge in [0.25, 0.3) is 0 Å². The molecule has 4 rings (SSSR count). The van der Waals surface area contributed by atoms with E-state index in [9.17, 15) is 0 Å². The normalized spacial score (nSPS) is 16.2. The van der Waals surface area contributed by atoms with Crippen LogP contribution in [0.5, 0.6) is 0 Å². The smallest absolute Gasteiger partial charge is 0.121 e. The van der Waals surface area contributed by atoms with E-state index in [0.717, 1.165) is 24.2 Å². The molecule has 1 aliphatic rings. The Labute approximate surface area is 130 Å². The number of benzene rings is 2. The second kappa shape index (κ2) is 5.09. The van der Waals surface area contributed by atoms with Crippen molar-refractivity contribution in [1.29, 1.82) is 0 Å². The van der Waals surface area contributed by atoms with Crippen molar-refractivity contribution in [2.45, 2.75) is 25.7 Å². The summed E-state index contributed by atoms with van der Waals surface area (Å²) in [6, 6.07) is 17.3. The van der Waals surface area contributed by atoms with Gasteiger partial charge in [-0.15, -0.1) is 5.10 Å². The highest BCUT2D eigenvalue weighted by atomic mass is 15.4. The fourth-order valence-electron chi connectivity index (χ4n) is 3.58. The van der Waals surface area contributed by atoms with Crippen molar-refractivity contribution < 1.29 is 0 Å². The molecule has 0 fully saturated rings. The molecule has 1 aromatic heterocycles. The summed E-state index contributed by atoms with van der Waals surface area (Å²) in [4.78, 5) is 0. The molecule has 1 atom stereocenters. The van der Waals surface area contributed by atoms with Crippen LogP contribution in [0.2, 0.25) is 0 Å². The zero-order valence-electron chi connectivity index (χ0n) is 13.0. The fourth-order valence-corrected chi connectivity index (χ4v) is 3.58. The number of hydrogen-bond acceptors (Lipinski definition) is 2. The summed E-state index contributed by atoms with van der Waals surface area (Å²) in [5.74, 6) is 0.528. The Kier molecular flexibility index (Phi) is 3.07. The maximum Gasteiger partial charge on any atom is 0.121 e. The average Bonchev–Trinajstić information content (AvgIpc) is 2.92. The lowest BCUT2D eigenvalue weighted by atomic mass is 9.81. The first-order chi connectivity index (χ1) is 10.8. The minimum atomic E-state index is 0.528.